The van der Waals surface area contributed by atoms with Crippen LogP contribution in [0.15, 0.2) is 84.6 Å². The average Bonchev–Trinajstić information content (AvgIpc) is 3.91. The molecule has 4 heteroatoms. The molecule has 5 saturated carbocycles. The molecule has 54 heavy (non-hydrogen) atoms. The third kappa shape index (κ3) is 9.01. The number of hydrogen-bond acceptors (Lipinski definition) is 4. The number of carbonyl (C=O) groups is 2. The molecule has 0 aromatic rings. The van der Waals surface area contributed by atoms with Gasteiger partial charge < -0.3 is 9.84 Å². The number of aliphatic hydroxyl groups excluding tert-OH is 1. The Bertz CT molecular complexity index is 1510. The molecule has 1 heterocycles. The van der Waals surface area contributed by atoms with Crippen LogP contribution in [0.1, 0.15) is 145 Å². The first-order valence-electron chi connectivity index (χ1n) is 21.3. The summed E-state index contributed by atoms with van der Waals surface area (Å²) in [6.07, 6.45) is 17.8. The fourth-order valence-electron chi connectivity index (χ4n) is 11.2. The van der Waals surface area contributed by atoms with Crippen molar-refractivity contribution in [2.75, 3.05) is 13.2 Å². The Morgan fingerprint density at radius 3 is 1.46 bits per heavy atom. The number of Topliss-reactive ketones (excluding diaryl/α,β-unsaturated/α-hetero) is 2. The smallest absolute Gasteiger partial charge is 0.164 e. The Labute approximate surface area is 330 Å². The summed E-state index contributed by atoms with van der Waals surface area (Å²) in [5, 5.41) is 9.82. The monoisotopic (exact) mass is 741 g/mol. The van der Waals surface area contributed by atoms with E-state index in [4.69, 9.17) is 4.74 Å². The highest BCUT2D eigenvalue weighted by Crippen LogP contribution is 2.58. The number of allylic oxidation sites excluding steroid dienone is 8. The van der Waals surface area contributed by atoms with Gasteiger partial charge in [-0.1, -0.05) is 105 Å². The van der Waals surface area contributed by atoms with Gasteiger partial charge in [-0.15, -0.1) is 0 Å². The lowest BCUT2D eigenvalue weighted by molar-refractivity contribution is -0.127. The van der Waals surface area contributed by atoms with Crippen molar-refractivity contribution in [3.8, 4) is 0 Å². The molecule has 4 nitrogen and oxygen atoms in total. The Hall–Kier alpha value is -2.56. The fourth-order valence-corrected chi connectivity index (χ4v) is 11.2. The van der Waals surface area contributed by atoms with Crippen molar-refractivity contribution in [1.29, 1.82) is 0 Å². The minimum atomic E-state index is -0.786. The number of carbonyl (C=O) groups excluding carboxylic acids is 2. The van der Waals surface area contributed by atoms with Crippen LogP contribution in [0.2, 0.25) is 0 Å². The highest BCUT2D eigenvalue weighted by atomic mass is 16.5. The number of aliphatic hydroxyl groups is 1. The van der Waals surface area contributed by atoms with Crippen LogP contribution in [0.25, 0.3) is 0 Å². The van der Waals surface area contributed by atoms with Gasteiger partial charge in [0.15, 0.2) is 5.78 Å². The summed E-state index contributed by atoms with van der Waals surface area (Å²) in [4.78, 5) is 23.7. The molecule has 1 N–H and O–H groups in total. The lowest BCUT2D eigenvalue weighted by atomic mass is 9.60. The van der Waals surface area contributed by atoms with E-state index in [9.17, 15) is 14.7 Å². The summed E-state index contributed by atoms with van der Waals surface area (Å²) >= 11 is 0. The number of hydrogen-bond donors (Lipinski definition) is 1. The van der Waals surface area contributed by atoms with Gasteiger partial charge in [-0.3, -0.25) is 9.59 Å². The quantitative estimate of drug-likeness (QED) is 0.293. The molecular weight excluding hydrogens is 665 g/mol. The number of rotatable bonds is 3. The molecular formula is C50H76O4. The predicted octanol–water partition coefficient (Wildman–Crippen LogP) is 12.5. The van der Waals surface area contributed by atoms with E-state index in [1.54, 1.807) is 5.57 Å². The summed E-state index contributed by atoms with van der Waals surface area (Å²) in [5.41, 5.74) is 9.67. The van der Waals surface area contributed by atoms with Gasteiger partial charge in [0, 0.05) is 47.7 Å². The summed E-state index contributed by atoms with van der Waals surface area (Å²) in [7, 11) is 0. The van der Waals surface area contributed by atoms with Gasteiger partial charge in [0.2, 0.25) is 0 Å². The summed E-state index contributed by atoms with van der Waals surface area (Å²) < 4.78 is 4.94. The highest BCUT2D eigenvalue weighted by Gasteiger charge is 2.54. The SMILES string of the molecule is C1CCOC1.C=C(C)[C@H]1CCC(=C)[C@]2(CC(O)C(=O)C2C)C1.C=C(C)[C@H]1CCC(=C)[C@]2(CC=C(C)[C@H]2C)C1.C=C(C)[C@H]1CCC(=C)[C@]2(CCC(=O)[C@H]2C)C1. The zero-order valence-electron chi connectivity index (χ0n) is 35.6. The van der Waals surface area contributed by atoms with Crippen molar-refractivity contribution in [3.05, 3.63) is 84.6 Å². The first kappa shape index (κ1) is 44.2. The Morgan fingerprint density at radius 1 is 0.667 bits per heavy atom. The van der Waals surface area contributed by atoms with Gasteiger partial charge in [0.05, 0.1) is 0 Å². The highest BCUT2D eigenvalue weighted by molar-refractivity contribution is 5.89. The van der Waals surface area contributed by atoms with Crippen LogP contribution in [0.5, 0.6) is 0 Å². The summed E-state index contributed by atoms with van der Waals surface area (Å²) in [6.45, 7) is 42.1. The van der Waals surface area contributed by atoms with Gasteiger partial charge >= 0.3 is 0 Å². The molecule has 0 radical (unpaired) electrons. The van der Waals surface area contributed by atoms with Crippen molar-refractivity contribution in [3.63, 3.8) is 0 Å². The zero-order chi connectivity index (χ0) is 40.2. The molecule has 2 unspecified atom stereocenters. The second-order valence-electron chi connectivity index (χ2n) is 18.9. The molecule has 0 bridgehead atoms. The van der Waals surface area contributed by atoms with Crippen molar-refractivity contribution < 1.29 is 19.4 Å². The molecule has 6 fully saturated rings. The fraction of sp³-hybridized carbons (Fsp3) is 0.680. The molecule has 1 saturated heterocycles. The third-order valence-electron chi connectivity index (χ3n) is 15.8. The van der Waals surface area contributed by atoms with E-state index in [2.05, 4.69) is 87.1 Å². The van der Waals surface area contributed by atoms with E-state index in [-0.39, 0.29) is 28.4 Å². The molecule has 10 atom stereocenters. The second kappa shape index (κ2) is 18.1. The van der Waals surface area contributed by atoms with E-state index < -0.39 is 6.10 Å². The maximum atomic E-state index is 11.9. The van der Waals surface area contributed by atoms with E-state index in [1.807, 2.05) is 6.92 Å². The zero-order valence-corrected chi connectivity index (χ0v) is 35.6. The minimum Gasteiger partial charge on any atom is -0.385 e. The molecule has 7 aliphatic rings. The molecule has 6 aliphatic carbocycles. The first-order valence-corrected chi connectivity index (χ1v) is 21.3. The largest absolute Gasteiger partial charge is 0.385 e. The molecule has 3 spiro atoms. The maximum Gasteiger partial charge on any atom is 0.164 e. The van der Waals surface area contributed by atoms with Gasteiger partial charge in [-0.2, -0.15) is 0 Å². The number of ether oxygens (including phenoxy) is 1. The van der Waals surface area contributed by atoms with Gasteiger partial charge in [-0.25, -0.2) is 0 Å². The van der Waals surface area contributed by atoms with Gasteiger partial charge in [-0.05, 0) is 141 Å². The first-order chi connectivity index (χ1) is 25.3. The van der Waals surface area contributed by atoms with Crippen LogP contribution < -0.4 is 0 Å². The van der Waals surface area contributed by atoms with Crippen LogP contribution in [0.4, 0.5) is 0 Å². The lowest BCUT2D eigenvalue weighted by Gasteiger charge is -2.44. The predicted molar refractivity (Wildman–Crippen MR) is 227 cm³/mol. The summed E-state index contributed by atoms with van der Waals surface area (Å²) in [6, 6.07) is 0. The lowest BCUT2D eigenvalue weighted by Crippen LogP contribution is -2.34. The van der Waals surface area contributed by atoms with E-state index in [1.165, 1.54) is 72.8 Å². The van der Waals surface area contributed by atoms with Gasteiger partial charge in [0.1, 0.15) is 11.9 Å². The second-order valence-corrected chi connectivity index (χ2v) is 18.9. The average molecular weight is 741 g/mol. The Balaban J connectivity index is 0.000000169. The van der Waals surface area contributed by atoms with Gasteiger partial charge in [0.25, 0.3) is 0 Å². The third-order valence-corrected chi connectivity index (χ3v) is 15.8. The molecule has 0 aromatic carbocycles. The Morgan fingerprint density at radius 2 is 1.11 bits per heavy atom. The summed E-state index contributed by atoms with van der Waals surface area (Å²) in [5.74, 6) is 2.99. The molecule has 7 rings (SSSR count). The minimum absolute atomic E-state index is 0.00600. The standard InChI is InChI=1S/C16H24.C15H22O2.C15H22O.C4H8O/c1-11(2)15-7-6-13(4)16(10-15)9-8-12(3)14(16)5;1-9(2)12-6-5-10(3)15(7-12)8-13(16)14(17)11(15)4;1-10(2)13-6-5-11(3)15(9-13)8-7-14(16)12(15)4;1-2-4-5-3-1/h8,14-15H,1,4,6-7,9-10H2,2-3,5H3;11-13,16H,1,3,5-8H2,2,4H3;12-13H,1,3,5-9H2,2,4H3;1-4H2/t14-,15+,16+;11?,12-,13?,15+;12-,13+,15+;/m101./s1. The van der Waals surface area contributed by atoms with Crippen LogP contribution in [-0.2, 0) is 14.3 Å². The van der Waals surface area contributed by atoms with Crippen LogP contribution >= 0.6 is 0 Å². The number of ketones is 2. The molecule has 300 valence electrons. The van der Waals surface area contributed by atoms with E-state index >= 15 is 0 Å². The molecule has 1 aliphatic heterocycles. The van der Waals surface area contributed by atoms with Crippen LogP contribution in [0.3, 0.4) is 0 Å². The van der Waals surface area contributed by atoms with Crippen LogP contribution in [-0.4, -0.2) is 36.0 Å². The van der Waals surface area contributed by atoms with Crippen molar-refractivity contribution >= 4 is 11.6 Å². The topological polar surface area (TPSA) is 63.6 Å². The van der Waals surface area contributed by atoms with Crippen molar-refractivity contribution in [2.24, 2.45) is 51.8 Å². The van der Waals surface area contributed by atoms with Crippen LogP contribution in [0, 0.1) is 51.8 Å². The molecule has 0 aromatic heterocycles. The normalized spacial score (nSPS) is 38.7. The Kier molecular flexibility index (Phi) is 14.8. The van der Waals surface area contributed by atoms with E-state index in [0.717, 1.165) is 63.7 Å². The van der Waals surface area contributed by atoms with Crippen molar-refractivity contribution in [2.45, 2.75) is 151 Å². The van der Waals surface area contributed by atoms with Crippen molar-refractivity contribution in [1.82, 2.24) is 0 Å². The maximum absolute atomic E-state index is 11.9. The van der Waals surface area contributed by atoms with E-state index in [0.29, 0.717) is 41.3 Å². The molecule has 0 amide bonds.